The van der Waals surface area contributed by atoms with Gasteiger partial charge in [-0.05, 0) is 49.4 Å². The zero-order valence-electron chi connectivity index (χ0n) is 65.8. The summed E-state index contributed by atoms with van der Waals surface area (Å²) in [7, 11) is -9.92. The molecule has 594 valence electrons. The highest BCUT2D eigenvalue weighted by Crippen LogP contribution is 2.45. The number of aliphatic hydroxyl groups excluding tert-OH is 1. The number of phosphoric ester groups is 2. The van der Waals surface area contributed by atoms with E-state index in [0.717, 1.165) is 114 Å². The van der Waals surface area contributed by atoms with Gasteiger partial charge in [0.2, 0.25) is 0 Å². The van der Waals surface area contributed by atoms with Crippen LogP contribution in [0.1, 0.15) is 415 Å². The van der Waals surface area contributed by atoms with Gasteiger partial charge < -0.3 is 33.8 Å². The van der Waals surface area contributed by atoms with E-state index in [-0.39, 0.29) is 25.7 Å². The van der Waals surface area contributed by atoms with Crippen LogP contribution >= 0.6 is 15.6 Å². The number of esters is 4. The van der Waals surface area contributed by atoms with E-state index >= 15 is 0 Å². The van der Waals surface area contributed by atoms with Gasteiger partial charge in [0.1, 0.15) is 19.3 Å². The summed E-state index contributed by atoms with van der Waals surface area (Å²) in [6.45, 7) is 14.2. The molecule has 0 saturated carbocycles. The number of unbranched alkanes of at least 4 members (excludes halogenated alkanes) is 42. The summed E-state index contributed by atoms with van der Waals surface area (Å²) in [6, 6.07) is 0. The van der Waals surface area contributed by atoms with Crippen LogP contribution in [0.4, 0.5) is 0 Å². The molecular weight excluding hydrogens is 1310 g/mol. The minimum atomic E-state index is -4.96. The number of ether oxygens (including phenoxy) is 4. The fourth-order valence-electron chi connectivity index (χ4n) is 12.4. The molecule has 5 unspecified atom stereocenters. The van der Waals surface area contributed by atoms with Crippen molar-refractivity contribution in [2.75, 3.05) is 39.6 Å². The first-order chi connectivity index (χ1) is 48.2. The summed E-state index contributed by atoms with van der Waals surface area (Å²) < 4.78 is 68.6. The lowest BCUT2D eigenvalue weighted by atomic mass is 9.99. The smallest absolute Gasteiger partial charge is 0.462 e. The highest BCUT2D eigenvalue weighted by molar-refractivity contribution is 7.47. The first kappa shape index (κ1) is 98.1. The molecule has 0 aromatic rings. The Morgan fingerprint density at radius 2 is 0.480 bits per heavy atom. The van der Waals surface area contributed by atoms with E-state index in [9.17, 15) is 43.2 Å². The van der Waals surface area contributed by atoms with Gasteiger partial charge in [0.15, 0.2) is 12.2 Å². The summed E-state index contributed by atoms with van der Waals surface area (Å²) in [5.74, 6) is 0.998. The Kier molecular flexibility index (Phi) is 68.7. The summed E-state index contributed by atoms with van der Waals surface area (Å²) in [4.78, 5) is 72.9. The normalized spacial score (nSPS) is 14.6. The molecule has 3 N–H and O–H groups in total. The zero-order chi connectivity index (χ0) is 73.8. The van der Waals surface area contributed by atoms with Crippen LogP contribution in [0, 0.1) is 23.7 Å². The van der Waals surface area contributed by atoms with Crippen molar-refractivity contribution in [3.63, 3.8) is 0 Å². The van der Waals surface area contributed by atoms with Gasteiger partial charge >= 0.3 is 39.5 Å². The van der Waals surface area contributed by atoms with Crippen LogP contribution in [0.3, 0.4) is 0 Å². The van der Waals surface area contributed by atoms with Crippen molar-refractivity contribution >= 4 is 39.5 Å². The number of aliphatic hydroxyl groups is 1. The first-order valence-corrected chi connectivity index (χ1v) is 44.8. The average molecular weight is 1470 g/mol. The van der Waals surface area contributed by atoms with Crippen LogP contribution in [0.15, 0.2) is 0 Å². The molecule has 7 atom stereocenters. The second-order valence-corrected chi connectivity index (χ2v) is 33.5. The SMILES string of the molecule is CCC(C)CCCCCCCCCCCCCCCCCCCCC(=O)O[C@H](COC(=O)CCCCCCCCCCCCCCCCC(C)C)COP(=O)(O)OCC(O)COP(=O)(O)OC[C@@H](COC(=O)CCCCCCCCCCC(C)C)OC(=O)CCCCCCCCC(C)CC. The van der Waals surface area contributed by atoms with E-state index in [1.54, 1.807) is 0 Å². The van der Waals surface area contributed by atoms with Crippen LogP contribution < -0.4 is 0 Å². The summed E-state index contributed by atoms with van der Waals surface area (Å²) in [5.41, 5.74) is 0. The van der Waals surface area contributed by atoms with Crippen molar-refractivity contribution < 1.29 is 80.2 Å². The van der Waals surface area contributed by atoms with E-state index in [2.05, 4.69) is 55.4 Å². The Balaban J connectivity index is 5.21. The van der Waals surface area contributed by atoms with Crippen molar-refractivity contribution in [3.8, 4) is 0 Å². The lowest BCUT2D eigenvalue weighted by Crippen LogP contribution is -2.30. The summed E-state index contributed by atoms with van der Waals surface area (Å²) in [5, 5.41) is 10.6. The Morgan fingerprint density at radius 3 is 0.710 bits per heavy atom. The third-order valence-corrected chi connectivity index (χ3v) is 21.4. The fourth-order valence-corrected chi connectivity index (χ4v) is 13.9. The number of carbonyl (C=O) groups excluding carboxylic acids is 4. The van der Waals surface area contributed by atoms with Gasteiger partial charge in [-0.15, -0.1) is 0 Å². The number of rotatable bonds is 78. The Labute approximate surface area is 613 Å². The molecule has 0 aliphatic rings. The van der Waals surface area contributed by atoms with Crippen LogP contribution in [0.5, 0.6) is 0 Å². The van der Waals surface area contributed by atoms with E-state index < -0.39 is 97.5 Å². The molecule has 0 aromatic carbocycles. The van der Waals surface area contributed by atoms with E-state index in [1.807, 2.05) is 0 Å². The Morgan fingerprint density at radius 1 is 0.280 bits per heavy atom. The van der Waals surface area contributed by atoms with Gasteiger partial charge in [0.05, 0.1) is 26.4 Å². The average Bonchev–Trinajstić information content (AvgIpc) is 0.919. The maximum Gasteiger partial charge on any atom is 0.472 e. The predicted octanol–water partition coefficient (Wildman–Crippen LogP) is 24.0. The summed E-state index contributed by atoms with van der Waals surface area (Å²) >= 11 is 0. The molecule has 0 aromatic heterocycles. The largest absolute Gasteiger partial charge is 0.472 e. The standard InChI is InChI=1S/C81H158O17P2/c1-9-73(7)59-51-43-35-28-24-20-15-13-11-12-14-16-22-26-30-38-47-55-63-80(85)97-76(67-91-78(83)61-53-45-36-29-25-21-18-17-19-23-27-33-41-49-57-71(3)4)69-95-99(87,88)93-65-75(82)66-94-100(89,90)96-70-77(98-81(86)64-56-48-40-39-44-52-60-74(8)10-2)68-92-79(84)62-54-46-37-32-31-34-42-50-58-72(5)6/h71-77,82H,9-70H2,1-8H3,(H,87,88)(H,89,90)/t73?,74?,75?,76-,77-/m1/s1. The van der Waals surface area contributed by atoms with Crippen LogP contribution in [0.2, 0.25) is 0 Å². The molecule has 100 heavy (non-hydrogen) atoms. The van der Waals surface area contributed by atoms with Gasteiger partial charge in [-0.25, -0.2) is 9.13 Å². The summed E-state index contributed by atoms with van der Waals surface area (Å²) in [6.07, 6.45) is 57.1. The highest BCUT2D eigenvalue weighted by Gasteiger charge is 2.30. The number of phosphoric acid groups is 2. The molecule has 17 nitrogen and oxygen atoms in total. The minimum Gasteiger partial charge on any atom is -0.462 e. The lowest BCUT2D eigenvalue weighted by molar-refractivity contribution is -0.161. The van der Waals surface area contributed by atoms with Gasteiger partial charge in [-0.1, -0.05) is 364 Å². The van der Waals surface area contributed by atoms with Crippen molar-refractivity contribution in [3.05, 3.63) is 0 Å². The monoisotopic (exact) mass is 1470 g/mol. The molecule has 0 saturated heterocycles. The number of hydrogen-bond donors (Lipinski definition) is 3. The molecule has 0 bridgehead atoms. The fraction of sp³-hybridized carbons (Fsp3) is 0.951. The molecule has 0 rings (SSSR count). The maximum absolute atomic E-state index is 13.1. The second-order valence-electron chi connectivity index (χ2n) is 30.6. The van der Waals surface area contributed by atoms with Gasteiger partial charge in [0.25, 0.3) is 0 Å². The second kappa shape index (κ2) is 70.1. The molecule has 0 fully saturated rings. The Hall–Kier alpha value is -1.94. The lowest BCUT2D eigenvalue weighted by Gasteiger charge is -2.21. The van der Waals surface area contributed by atoms with E-state index in [1.165, 1.54) is 218 Å². The number of hydrogen-bond acceptors (Lipinski definition) is 15. The molecular formula is C81H158O17P2. The van der Waals surface area contributed by atoms with Gasteiger partial charge in [-0.3, -0.25) is 37.3 Å². The van der Waals surface area contributed by atoms with Crippen LogP contribution in [0.25, 0.3) is 0 Å². The molecule has 0 radical (unpaired) electrons. The zero-order valence-corrected chi connectivity index (χ0v) is 67.6. The van der Waals surface area contributed by atoms with E-state index in [4.69, 9.17) is 37.0 Å². The highest BCUT2D eigenvalue weighted by atomic mass is 31.2. The molecule has 19 heteroatoms. The van der Waals surface area contributed by atoms with Crippen molar-refractivity contribution in [2.45, 2.75) is 433 Å². The van der Waals surface area contributed by atoms with Crippen molar-refractivity contribution in [1.82, 2.24) is 0 Å². The minimum absolute atomic E-state index is 0.102. The van der Waals surface area contributed by atoms with Gasteiger partial charge in [0, 0.05) is 25.7 Å². The van der Waals surface area contributed by atoms with Crippen molar-refractivity contribution in [1.29, 1.82) is 0 Å². The maximum atomic E-state index is 13.1. The van der Waals surface area contributed by atoms with Crippen LogP contribution in [-0.2, 0) is 65.4 Å². The first-order valence-electron chi connectivity index (χ1n) is 41.8. The van der Waals surface area contributed by atoms with Gasteiger partial charge in [-0.2, -0.15) is 0 Å². The van der Waals surface area contributed by atoms with E-state index in [0.29, 0.717) is 25.7 Å². The quantitative estimate of drug-likeness (QED) is 0.0222. The van der Waals surface area contributed by atoms with Crippen LogP contribution in [-0.4, -0.2) is 96.7 Å². The Bertz CT molecular complexity index is 1960. The molecule has 0 aliphatic heterocycles. The van der Waals surface area contributed by atoms with Crippen molar-refractivity contribution in [2.24, 2.45) is 23.7 Å². The predicted molar refractivity (Wildman–Crippen MR) is 409 cm³/mol. The molecule has 0 aliphatic carbocycles. The number of carbonyl (C=O) groups is 4. The molecule has 0 heterocycles. The molecule has 0 amide bonds. The molecule has 0 spiro atoms. The third kappa shape index (κ3) is 71.7. The topological polar surface area (TPSA) is 237 Å². The third-order valence-electron chi connectivity index (χ3n) is 19.5.